The van der Waals surface area contributed by atoms with E-state index in [-0.39, 0.29) is 6.04 Å². The minimum absolute atomic E-state index is 0.0667. The normalized spacial score (nSPS) is 13.5. The van der Waals surface area contributed by atoms with E-state index in [4.69, 9.17) is 15.3 Å². The van der Waals surface area contributed by atoms with Crippen LogP contribution in [0.25, 0.3) is 0 Å². The lowest BCUT2D eigenvalue weighted by atomic mass is 10.2. The molecular weight excluding hydrogens is 196 g/mol. The zero-order chi connectivity index (χ0) is 12.1. The average Bonchev–Trinajstić information content (AvgIpc) is 1.99. The molecule has 90 valence electrons. The lowest BCUT2D eigenvalue weighted by Gasteiger charge is -2.24. The number of hydroxylamine groups is 2. The standard InChI is InChI=1S/C10H22N2O3/c1-8(11)6-7-14-12(5)9(13)15-10(2,3)4/h8H,6-7,11H2,1-5H3. The maximum Gasteiger partial charge on any atom is 0.434 e. The van der Waals surface area contributed by atoms with Gasteiger partial charge in [0.25, 0.3) is 0 Å². The fourth-order valence-corrected chi connectivity index (χ4v) is 0.754. The molecule has 0 aromatic rings. The maximum atomic E-state index is 11.4. The van der Waals surface area contributed by atoms with Crippen LogP contribution >= 0.6 is 0 Å². The molecule has 1 unspecified atom stereocenters. The highest BCUT2D eigenvalue weighted by Gasteiger charge is 2.19. The molecule has 2 N–H and O–H groups in total. The van der Waals surface area contributed by atoms with Crippen LogP contribution in [0.15, 0.2) is 0 Å². The summed E-state index contributed by atoms with van der Waals surface area (Å²) in [7, 11) is 1.52. The summed E-state index contributed by atoms with van der Waals surface area (Å²) in [5.41, 5.74) is 5.04. The third-order valence-corrected chi connectivity index (χ3v) is 1.51. The van der Waals surface area contributed by atoms with E-state index >= 15 is 0 Å². The highest BCUT2D eigenvalue weighted by molar-refractivity contribution is 5.66. The molecule has 0 saturated carbocycles. The largest absolute Gasteiger partial charge is 0.442 e. The molecule has 0 spiro atoms. The summed E-state index contributed by atoms with van der Waals surface area (Å²) < 4.78 is 5.09. The Balaban J connectivity index is 3.80. The van der Waals surface area contributed by atoms with Gasteiger partial charge in [-0.05, 0) is 34.1 Å². The van der Waals surface area contributed by atoms with Gasteiger partial charge in [-0.1, -0.05) is 0 Å². The fraction of sp³-hybridized carbons (Fsp3) is 0.900. The molecule has 0 aliphatic heterocycles. The summed E-state index contributed by atoms with van der Waals surface area (Å²) in [4.78, 5) is 16.5. The molecule has 5 heteroatoms. The molecule has 0 aliphatic rings. The molecule has 1 amide bonds. The van der Waals surface area contributed by atoms with E-state index in [1.165, 1.54) is 7.05 Å². The molecule has 0 aromatic carbocycles. The summed E-state index contributed by atoms with van der Waals surface area (Å²) in [5.74, 6) is 0. The molecule has 0 fully saturated rings. The van der Waals surface area contributed by atoms with Crippen LogP contribution in [0.4, 0.5) is 4.79 Å². The highest BCUT2D eigenvalue weighted by atomic mass is 16.7. The van der Waals surface area contributed by atoms with E-state index < -0.39 is 11.7 Å². The Morgan fingerprint density at radius 1 is 1.47 bits per heavy atom. The van der Waals surface area contributed by atoms with Gasteiger partial charge >= 0.3 is 6.09 Å². The smallest absolute Gasteiger partial charge is 0.434 e. The van der Waals surface area contributed by atoms with E-state index in [2.05, 4.69) is 0 Å². The predicted molar refractivity (Wildman–Crippen MR) is 58.2 cm³/mol. The zero-order valence-corrected chi connectivity index (χ0v) is 10.2. The second-order valence-electron chi connectivity index (χ2n) is 4.58. The van der Waals surface area contributed by atoms with Crippen LogP contribution in [-0.4, -0.2) is 36.5 Å². The Kier molecular flexibility index (Phi) is 5.60. The molecule has 0 radical (unpaired) electrons. The van der Waals surface area contributed by atoms with E-state index in [1.807, 2.05) is 6.92 Å². The zero-order valence-electron chi connectivity index (χ0n) is 10.2. The van der Waals surface area contributed by atoms with Gasteiger partial charge in [0, 0.05) is 13.1 Å². The van der Waals surface area contributed by atoms with Gasteiger partial charge in [0.15, 0.2) is 0 Å². The Labute approximate surface area is 91.5 Å². The van der Waals surface area contributed by atoms with Crippen molar-refractivity contribution in [2.45, 2.75) is 45.8 Å². The van der Waals surface area contributed by atoms with Gasteiger partial charge in [-0.3, -0.25) is 4.84 Å². The van der Waals surface area contributed by atoms with Crippen molar-refractivity contribution < 1.29 is 14.4 Å². The SMILES string of the molecule is CC(N)CCON(C)C(=O)OC(C)(C)C. The Morgan fingerprint density at radius 3 is 2.40 bits per heavy atom. The van der Waals surface area contributed by atoms with Gasteiger partial charge in [-0.25, -0.2) is 4.79 Å². The molecule has 0 aliphatic carbocycles. The minimum Gasteiger partial charge on any atom is -0.442 e. The Morgan fingerprint density at radius 2 is 2.00 bits per heavy atom. The lowest BCUT2D eigenvalue weighted by molar-refractivity contribution is -0.132. The van der Waals surface area contributed by atoms with Gasteiger partial charge in [0.05, 0.1) is 6.61 Å². The number of nitrogens with zero attached hydrogens (tertiary/aromatic N) is 1. The second kappa shape index (κ2) is 5.92. The number of rotatable bonds is 4. The first-order chi connectivity index (χ1) is 6.72. The molecule has 0 heterocycles. The number of hydrogen-bond donors (Lipinski definition) is 1. The first kappa shape index (κ1) is 14.2. The van der Waals surface area contributed by atoms with Crippen LogP contribution < -0.4 is 5.73 Å². The van der Waals surface area contributed by atoms with Crippen LogP contribution in [0, 0.1) is 0 Å². The summed E-state index contributed by atoms with van der Waals surface area (Å²) >= 11 is 0. The second-order valence-corrected chi connectivity index (χ2v) is 4.58. The fourth-order valence-electron chi connectivity index (χ4n) is 0.754. The van der Waals surface area contributed by atoms with Crippen LogP contribution in [0.2, 0.25) is 0 Å². The van der Waals surface area contributed by atoms with Crippen molar-refractivity contribution in [1.82, 2.24) is 5.06 Å². The molecule has 1 atom stereocenters. The van der Waals surface area contributed by atoms with E-state index in [9.17, 15) is 4.79 Å². The molecule has 5 nitrogen and oxygen atoms in total. The van der Waals surface area contributed by atoms with Gasteiger partial charge in [0.1, 0.15) is 5.60 Å². The van der Waals surface area contributed by atoms with Gasteiger partial charge in [-0.15, -0.1) is 0 Å². The number of ether oxygens (including phenoxy) is 1. The Bertz CT molecular complexity index is 199. The van der Waals surface area contributed by atoms with Crippen molar-refractivity contribution in [2.24, 2.45) is 5.73 Å². The number of amides is 1. The average molecular weight is 218 g/mol. The minimum atomic E-state index is -0.504. The number of hydrogen-bond acceptors (Lipinski definition) is 4. The third kappa shape index (κ3) is 8.20. The number of carbonyl (C=O) groups is 1. The topological polar surface area (TPSA) is 64.8 Å². The van der Waals surface area contributed by atoms with Crippen molar-refractivity contribution in [3.05, 3.63) is 0 Å². The number of carbonyl (C=O) groups excluding carboxylic acids is 1. The van der Waals surface area contributed by atoms with Crippen molar-refractivity contribution >= 4 is 6.09 Å². The maximum absolute atomic E-state index is 11.4. The lowest BCUT2D eigenvalue weighted by Crippen LogP contribution is -2.35. The quantitative estimate of drug-likeness (QED) is 0.727. The molecule has 0 rings (SSSR count). The predicted octanol–water partition coefficient (Wildman–Crippen LogP) is 1.52. The van der Waals surface area contributed by atoms with Crippen molar-refractivity contribution in [1.29, 1.82) is 0 Å². The highest BCUT2D eigenvalue weighted by Crippen LogP contribution is 2.09. The monoisotopic (exact) mass is 218 g/mol. The van der Waals surface area contributed by atoms with Gasteiger partial charge in [-0.2, -0.15) is 5.06 Å². The summed E-state index contributed by atoms with van der Waals surface area (Å²) in [6, 6.07) is 0.0667. The molecular formula is C10H22N2O3. The first-order valence-electron chi connectivity index (χ1n) is 5.07. The van der Waals surface area contributed by atoms with Crippen LogP contribution in [0.3, 0.4) is 0 Å². The summed E-state index contributed by atoms with van der Waals surface area (Å²) in [5, 5.41) is 1.09. The first-order valence-corrected chi connectivity index (χ1v) is 5.07. The van der Waals surface area contributed by atoms with E-state index in [0.717, 1.165) is 5.06 Å². The third-order valence-electron chi connectivity index (χ3n) is 1.51. The molecule has 15 heavy (non-hydrogen) atoms. The van der Waals surface area contributed by atoms with Gasteiger partial charge < -0.3 is 10.5 Å². The van der Waals surface area contributed by atoms with Crippen LogP contribution in [0.1, 0.15) is 34.1 Å². The van der Waals surface area contributed by atoms with Gasteiger partial charge in [0.2, 0.25) is 0 Å². The molecule has 0 aromatic heterocycles. The Hall–Kier alpha value is -0.810. The van der Waals surface area contributed by atoms with Crippen molar-refractivity contribution in [2.75, 3.05) is 13.7 Å². The summed E-state index contributed by atoms with van der Waals surface area (Å²) in [6.07, 6.45) is 0.208. The number of nitrogens with two attached hydrogens (primary N) is 1. The van der Waals surface area contributed by atoms with Crippen LogP contribution in [-0.2, 0) is 9.57 Å². The molecule has 0 bridgehead atoms. The van der Waals surface area contributed by atoms with Crippen LogP contribution in [0.5, 0.6) is 0 Å². The van der Waals surface area contributed by atoms with Crippen molar-refractivity contribution in [3.63, 3.8) is 0 Å². The van der Waals surface area contributed by atoms with E-state index in [0.29, 0.717) is 13.0 Å². The van der Waals surface area contributed by atoms with Crippen molar-refractivity contribution in [3.8, 4) is 0 Å². The molecule has 0 saturated heterocycles. The van der Waals surface area contributed by atoms with E-state index in [1.54, 1.807) is 20.8 Å². The summed E-state index contributed by atoms with van der Waals surface area (Å²) in [6.45, 7) is 7.71.